The molecule has 0 bridgehead atoms. The Morgan fingerprint density at radius 2 is 2.00 bits per heavy atom. The van der Waals surface area contributed by atoms with Crippen LogP contribution >= 0.6 is 0 Å². The molecule has 0 N–H and O–H groups in total. The fourth-order valence-electron chi connectivity index (χ4n) is 1.70. The molecule has 0 heterocycles. The number of rotatable bonds is 7. The first-order valence-corrected chi connectivity index (χ1v) is 6.60. The van der Waals surface area contributed by atoms with Gasteiger partial charge in [-0.05, 0) is 38.2 Å². The van der Waals surface area contributed by atoms with Crippen LogP contribution in [0.2, 0.25) is 0 Å². The van der Waals surface area contributed by atoms with Crippen molar-refractivity contribution >= 4 is 11.7 Å². The average Bonchev–Trinajstić information content (AvgIpc) is 2.42. The summed E-state index contributed by atoms with van der Waals surface area (Å²) >= 11 is 0. The fraction of sp³-hybridized carbons (Fsp3) is 0.375. The maximum atomic E-state index is 10.8. The number of carbonyl (C=O) groups excluding carboxylic acids is 1. The molecule has 1 aromatic rings. The van der Waals surface area contributed by atoms with E-state index < -0.39 is 0 Å². The van der Waals surface area contributed by atoms with Crippen molar-refractivity contribution < 1.29 is 9.63 Å². The number of aryl methyl sites for hydroxylation is 1. The molecule has 3 nitrogen and oxygen atoms in total. The Morgan fingerprint density at radius 1 is 1.26 bits per heavy atom. The van der Waals surface area contributed by atoms with Crippen molar-refractivity contribution in [2.45, 2.75) is 39.5 Å². The first kappa shape index (κ1) is 15.2. The maximum absolute atomic E-state index is 10.8. The molecule has 0 saturated heterocycles. The first-order valence-electron chi connectivity index (χ1n) is 6.60. The number of hydrogen-bond donors (Lipinski definition) is 0. The molecule has 19 heavy (non-hydrogen) atoms. The Kier molecular flexibility index (Phi) is 7.25. The van der Waals surface area contributed by atoms with Gasteiger partial charge in [-0.25, -0.2) is 4.79 Å². The Morgan fingerprint density at radius 3 is 2.63 bits per heavy atom. The van der Waals surface area contributed by atoms with E-state index in [4.69, 9.17) is 4.84 Å². The Labute approximate surface area is 115 Å². The second-order valence-electron chi connectivity index (χ2n) is 4.33. The second-order valence-corrected chi connectivity index (χ2v) is 4.33. The lowest BCUT2D eigenvalue weighted by molar-refractivity contribution is -0.140. The quantitative estimate of drug-likeness (QED) is 0.322. The van der Waals surface area contributed by atoms with E-state index >= 15 is 0 Å². The van der Waals surface area contributed by atoms with E-state index in [1.54, 1.807) is 0 Å². The van der Waals surface area contributed by atoms with Crippen molar-refractivity contribution in [1.82, 2.24) is 0 Å². The highest BCUT2D eigenvalue weighted by Crippen LogP contribution is 2.07. The summed E-state index contributed by atoms with van der Waals surface area (Å²) in [6, 6.07) is 10.2. The summed E-state index contributed by atoms with van der Waals surface area (Å²) in [6.07, 6.45) is 7.58. The van der Waals surface area contributed by atoms with E-state index in [2.05, 4.69) is 23.4 Å². The molecule has 0 atom stereocenters. The van der Waals surface area contributed by atoms with Crippen LogP contribution in [-0.2, 0) is 16.1 Å². The van der Waals surface area contributed by atoms with Gasteiger partial charge in [-0.3, -0.25) is 0 Å². The Balaban J connectivity index is 2.52. The van der Waals surface area contributed by atoms with E-state index in [-0.39, 0.29) is 5.97 Å². The topological polar surface area (TPSA) is 38.7 Å². The third-order valence-electron chi connectivity index (χ3n) is 2.68. The molecule has 0 aromatic heterocycles. The summed E-state index contributed by atoms with van der Waals surface area (Å²) in [5.74, 6) is -0.372. The lowest BCUT2D eigenvalue weighted by Crippen LogP contribution is -2.04. The number of nitrogens with zero attached hydrogens (tertiary/aromatic N) is 1. The van der Waals surface area contributed by atoms with E-state index in [9.17, 15) is 4.79 Å². The Bertz CT molecular complexity index is 435. The highest BCUT2D eigenvalue weighted by atomic mass is 16.7. The smallest absolute Gasteiger partial charge is 0.319 e. The first-order chi connectivity index (χ1) is 9.22. The van der Waals surface area contributed by atoms with Gasteiger partial charge >= 0.3 is 5.97 Å². The van der Waals surface area contributed by atoms with Gasteiger partial charge in [-0.15, -0.1) is 0 Å². The molecule has 0 spiro atoms. The van der Waals surface area contributed by atoms with Crippen LogP contribution in [0, 0.1) is 0 Å². The molecular formula is C16H21NO2. The molecule has 1 aromatic carbocycles. The molecule has 102 valence electrons. The van der Waals surface area contributed by atoms with Crippen molar-refractivity contribution in [2.75, 3.05) is 0 Å². The molecule has 0 unspecified atom stereocenters. The Hall–Kier alpha value is -1.90. The van der Waals surface area contributed by atoms with Crippen LogP contribution < -0.4 is 0 Å². The number of allylic oxidation sites excluding steroid dienone is 2. The summed E-state index contributed by atoms with van der Waals surface area (Å²) < 4.78 is 0. The number of oxime groups is 1. The summed E-state index contributed by atoms with van der Waals surface area (Å²) in [6.45, 7) is 3.36. The number of hydrogen-bond acceptors (Lipinski definition) is 3. The highest BCUT2D eigenvalue weighted by Gasteiger charge is 2.02. The van der Waals surface area contributed by atoms with Gasteiger partial charge in [0.05, 0.1) is 5.71 Å². The highest BCUT2D eigenvalue weighted by molar-refractivity contribution is 5.85. The monoisotopic (exact) mass is 259 g/mol. The predicted octanol–water partition coefficient (Wildman–Crippen LogP) is 3.89. The lowest BCUT2D eigenvalue weighted by Gasteiger charge is -2.05. The van der Waals surface area contributed by atoms with Crippen LogP contribution in [0.4, 0.5) is 0 Å². The van der Waals surface area contributed by atoms with Gasteiger partial charge in [0.2, 0.25) is 0 Å². The van der Waals surface area contributed by atoms with E-state index in [0.29, 0.717) is 0 Å². The van der Waals surface area contributed by atoms with Crippen molar-refractivity contribution in [2.24, 2.45) is 5.16 Å². The molecule has 1 rings (SSSR count). The van der Waals surface area contributed by atoms with E-state index in [0.717, 1.165) is 31.4 Å². The third kappa shape index (κ3) is 7.19. The third-order valence-corrected chi connectivity index (χ3v) is 2.68. The standard InChI is InChI=1S/C16H21NO2/c1-3-4-6-11-16(17-19-14(2)18)13-12-15-9-7-5-8-10-15/h3-5,7-10H,6,11-13H2,1-2H3/b4-3+,17-16-. The summed E-state index contributed by atoms with van der Waals surface area (Å²) in [5.41, 5.74) is 2.20. The minimum absolute atomic E-state index is 0.372. The van der Waals surface area contributed by atoms with Crippen LogP contribution in [0.1, 0.15) is 38.7 Å². The summed E-state index contributed by atoms with van der Waals surface area (Å²) in [5, 5.41) is 3.94. The molecule has 0 radical (unpaired) electrons. The van der Waals surface area contributed by atoms with Gasteiger partial charge in [0.15, 0.2) is 0 Å². The van der Waals surface area contributed by atoms with E-state index in [1.807, 2.05) is 31.2 Å². The summed E-state index contributed by atoms with van der Waals surface area (Å²) in [4.78, 5) is 15.6. The van der Waals surface area contributed by atoms with Crippen LogP contribution in [0.3, 0.4) is 0 Å². The fourth-order valence-corrected chi connectivity index (χ4v) is 1.70. The van der Waals surface area contributed by atoms with Crippen LogP contribution in [0.15, 0.2) is 47.6 Å². The van der Waals surface area contributed by atoms with Crippen molar-refractivity contribution in [3.05, 3.63) is 48.0 Å². The molecule has 0 aliphatic rings. The van der Waals surface area contributed by atoms with Gasteiger partial charge in [0.25, 0.3) is 0 Å². The minimum Gasteiger partial charge on any atom is -0.319 e. The van der Waals surface area contributed by atoms with Gasteiger partial charge in [-0.2, -0.15) is 0 Å². The van der Waals surface area contributed by atoms with Gasteiger partial charge in [-0.1, -0.05) is 47.6 Å². The zero-order valence-corrected chi connectivity index (χ0v) is 11.6. The molecule has 0 aliphatic heterocycles. The number of carbonyl (C=O) groups is 1. The van der Waals surface area contributed by atoms with Crippen LogP contribution in [0.25, 0.3) is 0 Å². The maximum Gasteiger partial charge on any atom is 0.331 e. The predicted molar refractivity (Wildman–Crippen MR) is 78.0 cm³/mol. The molecular weight excluding hydrogens is 238 g/mol. The van der Waals surface area contributed by atoms with Gasteiger partial charge in [0, 0.05) is 6.92 Å². The van der Waals surface area contributed by atoms with E-state index in [1.165, 1.54) is 12.5 Å². The van der Waals surface area contributed by atoms with Crippen LogP contribution in [-0.4, -0.2) is 11.7 Å². The largest absolute Gasteiger partial charge is 0.331 e. The number of benzene rings is 1. The molecule has 3 heteroatoms. The van der Waals surface area contributed by atoms with Gasteiger partial charge in [0.1, 0.15) is 0 Å². The molecule has 0 saturated carbocycles. The second kappa shape index (κ2) is 9.09. The zero-order valence-electron chi connectivity index (χ0n) is 11.6. The zero-order chi connectivity index (χ0) is 13.9. The van der Waals surface area contributed by atoms with Crippen LogP contribution in [0.5, 0.6) is 0 Å². The molecule has 0 fully saturated rings. The lowest BCUT2D eigenvalue weighted by atomic mass is 10.0. The molecule has 0 amide bonds. The van der Waals surface area contributed by atoms with Gasteiger partial charge < -0.3 is 4.84 Å². The average molecular weight is 259 g/mol. The van der Waals surface area contributed by atoms with Crippen molar-refractivity contribution in [1.29, 1.82) is 0 Å². The van der Waals surface area contributed by atoms with Crippen molar-refractivity contribution in [3.8, 4) is 0 Å². The minimum atomic E-state index is -0.372. The summed E-state index contributed by atoms with van der Waals surface area (Å²) in [7, 11) is 0. The normalized spacial score (nSPS) is 11.8. The molecule has 0 aliphatic carbocycles. The SMILES string of the molecule is C/C=C/CC/C(CCc1ccccc1)=N/OC(C)=O. The van der Waals surface area contributed by atoms with Crippen molar-refractivity contribution in [3.63, 3.8) is 0 Å².